The van der Waals surface area contributed by atoms with Gasteiger partial charge in [-0.1, -0.05) is 29.8 Å². The molecule has 2 heterocycles. The number of hydrogen-bond acceptors (Lipinski definition) is 6. The van der Waals surface area contributed by atoms with Gasteiger partial charge in [0.2, 0.25) is 15.9 Å². The minimum atomic E-state index is -3.74. The number of amides is 3. The summed E-state index contributed by atoms with van der Waals surface area (Å²) >= 11 is 6.65. The molecule has 2 aliphatic carbocycles. The van der Waals surface area contributed by atoms with Crippen LogP contribution in [-0.4, -0.2) is 59.7 Å². The van der Waals surface area contributed by atoms with Crippen LogP contribution in [0.2, 0.25) is 5.02 Å². The number of nitrogens with one attached hydrogen (secondary N) is 3. The van der Waals surface area contributed by atoms with Gasteiger partial charge in [-0.2, -0.15) is 0 Å². The second kappa shape index (κ2) is 9.51. The van der Waals surface area contributed by atoms with Crippen molar-refractivity contribution in [3.63, 3.8) is 0 Å². The Hall–Kier alpha value is -2.34. The molecule has 1 aromatic carbocycles. The molecule has 3 fully saturated rings. The summed E-state index contributed by atoms with van der Waals surface area (Å²) in [4.78, 5) is 38.6. The molecule has 36 heavy (non-hydrogen) atoms. The van der Waals surface area contributed by atoms with Gasteiger partial charge in [-0.3, -0.25) is 19.2 Å². The summed E-state index contributed by atoms with van der Waals surface area (Å²) in [5.41, 5.74) is 1.20. The van der Waals surface area contributed by atoms with Crippen LogP contribution in [-0.2, 0) is 32.7 Å². The zero-order valence-corrected chi connectivity index (χ0v) is 21.7. The minimum absolute atomic E-state index is 0. The van der Waals surface area contributed by atoms with Crippen molar-refractivity contribution in [1.82, 2.24) is 20.3 Å². The van der Waals surface area contributed by atoms with E-state index in [0.29, 0.717) is 43.8 Å². The lowest BCUT2D eigenvalue weighted by Gasteiger charge is -2.21. The van der Waals surface area contributed by atoms with E-state index in [1.807, 2.05) is 12.1 Å². The van der Waals surface area contributed by atoms with E-state index in [9.17, 15) is 27.9 Å². The standard InChI is InChI=1S/C23H27ClN4O6S.ClH/c1-2-14-8-23(14,21(30)27-35(33,34)15-4-5-15)26-20(29)18-7-13(9-25-18)16-6-3-12-10-28(22(31)32)11-17(12)19(16)24;/h2-3,6,13-15,18,25H,1,4-5,7-11H2,(H,26,29)(H,27,30)(H,31,32);1H/t13-,14+,18-,23+;/m0./s1. The molecule has 2 saturated carbocycles. The molecular formula is C23H28Cl2N4O6S. The quantitative estimate of drug-likeness (QED) is 0.374. The number of sulfonamides is 1. The van der Waals surface area contributed by atoms with Crippen molar-refractivity contribution in [3.05, 3.63) is 46.5 Å². The number of nitrogens with zero attached hydrogens (tertiary/aromatic N) is 1. The van der Waals surface area contributed by atoms with Crippen molar-refractivity contribution < 1.29 is 27.9 Å². The first kappa shape index (κ1) is 26.7. The normalized spacial score (nSPS) is 28.6. The molecule has 0 aromatic heterocycles. The van der Waals surface area contributed by atoms with Crippen LogP contribution >= 0.6 is 24.0 Å². The topological polar surface area (TPSA) is 145 Å². The third kappa shape index (κ3) is 4.69. The number of benzene rings is 1. The summed E-state index contributed by atoms with van der Waals surface area (Å²) in [7, 11) is -3.74. The highest BCUT2D eigenvalue weighted by atomic mass is 35.5. The predicted octanol–water partition coefficient (Wildman–Crippen LogP) is 1.87. The van der Waals surface area contributed by atoms with Crippen LogP contribution in [0.25, 0.3) is 0 Å². The Labute approximate surface area is 220 Å². The number of halogens is 2. The lowest BCUT2D eigenvalue weighted by atomic mass is 9.93. The van der Waals surface area contributed by atoms with Crippen molar-refractivity contribution in [1.29, 1.82) is 0 Å². The van der Waals surface area contributed by atoms with Crippen LogP contribution in [0.4, 0.5) is 4.79 Å². The second-order valence-electron chi connectivity index (χ2n) is 9.82. The highest BCUT2D eigenvalue weighted by Crippen LogP contribution is 2.45. The Balaban J connectivity index is 0.00000304. The van der Waals surface area contributed by atoms with Gasteiger partial charge >= 0.3 is 6.09 Å². The lowest BCUT2D eigenvalue weighted by Crippen LogP contribution is -2.55. The fourth-order valence-electron chi connectivity index (χ4n) is 5.10. The van der Waals surface area contributed by atoms with Crippen molar-refractivity contribution in [2.24, 2.45) is 5.92 Å². The van der Waals surface area contributed by atoms with Crippen LogP contribution in [0.15, 0.2) is 24.8 Å². The zero-order chi connectivity index (χ0) is 25.1. The van der Waals surface area contributed by atoms with Crippen LogP contribution in [0, 0.1) is 5.92 Å². The van der Waals surface area contributed by atoms with Gasteiger partial charge in [0.15, 0.2) is 0 Å². The van der Waals surface area contributed by atoms with E-state index >= 15 is 0 Å². The summed E-state index contributed by atoms with van der Waals surface area (Å²) in [6, 6.07) is 3.17. The highest BCUT2D eigenvalue weighted by molar-refractivity contribution is 7.91. The molecule has 3 amide bonds. The zero-order valence-electron chi connectivity index (χ0n) is 19.3. The van der Waals surface area contributed by atoms with E-state index < -0.39 is 38.9 Å². The van der Waals surface area contributed by atoms with Gasteiger partial charge in [0, 0.05) is 24.0 Å². The van der Waals surface area contributed by atoms with E-state index in [1.54, 1.807) is 6.08 Å². The molecule has 1 saturated heterocycles. The highest BCUT2D eigenvalue weighted by Gasteiger charge is 2.61. The number of rotatable bonds is 7. The number of carboxylic acid groups (broad SMARTS) is 1. The molecule has 4 atom stereocenters. The Morgan fingerprint density at radius 2 is 1.97 bits per heavy atom. The molecule has 196 valence electrons. The lowest BCUT2D eigenvalue weighted by molar-refractivity contribution is -0.130. The summed E-state index contributed by atoms with van der Waals surface area (Å²) < 4.78 is 26.7. The van der Waals surface area contributed by atoms with E-state index in [4.69, 9.17) is 11.6 Å². The minimum Gasteiger partial charge on any atom is -0.465 e. The predicted molar refractivity (Wildman–Crippen MR) is 134 cm³/mol. The van der Waals surface area contributed by atoms with Gasteiger partial charge < -0.3 is 15.7 Å². The molecule has 2 aliphatic heterocycles. The van der Waals surface area contributed by atoms with Crippen LogP contribution in [0.3, 0.4) is 0 Å². The van der Waals surface area contributed by atoms with Gasteiger partial charge in [-0.25, -0.2) is 13.2 Å². The summed E-state index contributed by atoms with van der Waals surface area (Å²) in [6.07, 6.45) is 2.34. The molecule has 0 unspecified atom stereocenters. The maximum Gasteiger partial charge on any atom is 0.407 e. The molecule has 4 N–H and O–H groups in total. The third-order valence-corrected chi connectivity index (χ3v) is 9.75. The largest absolute Gasteiger partial charge is 0.465 e. The SMILES string of the molecule is C=C[C@@H]1C[C@]1(NC(=O)[C@@H]1C[C@H](c2ccc3c(c2Cl)CN(C(=O)O)C3)CN1)C(=O)NS(=O)(=O)C1CC1.Cl. The molecule has 0 radical (unpaired) electrons. The smallest absolute Gasteiger partial charge is 0.407 e. The van der Waals surface area contributed by atoms with Gasteiger partial charge in [-0.05, 0) is 48.3 Å². The fourth-order valence-corrected chi connectivity index (χ4v) is 6.86. The molecular weight excluding hydrogens is 531 g/mol. The number of hydrogen-bond donors (Lipinski definition) is 4. The molecule has 10 nitrogen and oxygen atoms in total. The molecule has 13 heteroatoms. The van der Waals surface area contributed by atoms with Crippen molar-refractivity contribution >= 4 is 51.9 Å². The first-order chi connectivity index (χ1) is 16.6. The van der Waals surface area contributed by atoms with Gasteiger partial charge in [0.1, 0.15) is 5.54 Å². The van der Waals surface area contributed by atoms with E-state index in [1.165, 1.54) is 4.90 Å². The summed E-state index contributed by atoms with van der Waals surface area (Å²) in [6.45, 7) is 4.71. The first-order valence-corrected chi connectivity index (χ1v) is 13.5. The first-order valence-electron chi connectivity index (χ1n) is 11.6. The van der Waals surface area contributed by atoms with Gasteiger partial charge in [0.25, 0.3) is 5.91 Å². The van der Waals surface area contributed by atoms with Crippen LogP contribution in [0.1, 0.15) is 48.3 Å². The maximum atomic E-state index is 13.1. The third-order valence-electron chi connectivity index (χ3n) is 7.49. The maximum absolute atomic E-state index is 13.1. The number of fused-ring (bicyclic) bond motifs is 1. The molecule has 1 aromatic rings. The Morgan fingerprint density at radius 3 is 2.58 bits per heavy atom. The van der Waals surface area contributed by atoms with Gasteiger partial charge in [0.05, 0.1) is 17.8 Å². The molecule has 5 rings (SSSR count). The number of carbonyl (C=O) groups excluding carboxylic acids is 2. The van der Waals surface area contributed by atoms with E-state index in [0.717, 1.165) is 16.7 Å². The summed E-state index contributed by atoms with van der Waals surface area (Å²) in [5, 5.41) is 15.2. The van der Waals surface area contributed by atoms with Crippen LogP contribution in [0.5, 0.6) is 0 Å². The Kier molecular flexibility index (Phi) is 7.06. The Morgan fingerprint density at radius 1 is 1.25 bits per heavy atom. The summed E-state index contributed by atoms with van der Waals surface area (Å²) in [5.74, 6) is -1.52. The van der Waals surface area contributed by atoms with E-state index in [-0.39, 0.29) is 36.7 Å². The van der Waals surface area contributed by atoms with Crippen molar-refractivity contribution in [2.45, 2.75) is 61.5 Å². The number of carbonyl (C=O) groups is 3. The van der Waals surface area contributed by atoms with Crippen molar-refractivity contribution in [3.8, 4) is 0 Å². The molecule has 4 aliphatic rings. The fraction of sp³-hybridized carbons (Fsp3) is 0.522. The Bertz CT molecular complexity index is 1240. The average Bonchev–Trinajstić information content (AvgIpc) is 3.68. The van der Waals surface area contributed by atoms with Gasteiger partial charge in [-0.15, -0.1) is 19.0 Å². The van der Waals surface area contributed by atoms with Crippen LogP contribution < -0.4 is 15.4 Å². The molecule has 0 bridgehead atoms. The molecule has 0 spiro atoms. The second-order valence-corrected chi connectivity index (χ2v) is 12.2. The average molecular weight is 559 g/mol. The van der Waals surface area contributed by atoms with E-state index in [2.05, 4.69) is 21.9 Å². The monoisotopic (exact) mass is 558 g/mol. The van der Waals surface area contributed by atoms with Crippen molar-refractivity contribution in [2.75, 3.05) is 6.54 Å².